The Morgan fingerprint density at radius 3 is 3.00 bits per heavy atom. The Bertz CT molecular complexity index is 306. The molecule has 1 rings (SSSR count). The van der Waals surface area contributed by atoms with Crippen LogP contribution in [-0.4, -0.2) is 20.8 Å². The Labute approximate surface area is 83.2 Å². The zero-order valence-corrected chi connectivity index (χ0v) is 8.35. The molecule has 0 aliphatic heterocycles. The van der Waals surface area contributed by atoms with E-state index in [0.29, 0.717) is 12.3 Å². The number of amidine groups is 1. The van der Waals surface area contributed by atoms with E-state index in [0.717, 1.165) is 25.1 Å². The second kappa shape index (κ2) is 5.26. The molecule has 1 heterocycles. The van der Waals surface area contributed by atoms with E-state index in [1.807, 2.05) is 17.7 Å². The number of rotatable bonds is 5. The molecule has 0 saturated heterocycles. The maximum absolute atomic E-state index is 8.31. The quantitative estimate of drug-likeness (QED) is 0.243. The predicted octanol–water partition coefficient (Wildman–Crippen LogP) is 1.11. The zero-order valence-electron chi connectivity index (χ0n) is 8.35. The van der Waals surface area contributed by atoms with E-state index in [1.54, 1.807) is 6.20 Å². The molecule has 5 heteroatoms. The van der Waals surface area contributed by atoms with Crippen molar-refractivity contribution in [1.29, 1.82) is 0 Å². The van der Waals surface area contributed by atoms with Crippen molar-refractivity contribution in [3.8, 4) is 0 Å². The normalized spacial score (nSPS) is 11.9. The predicted molar refractivity (Wildman–Crippen MR) is 54.2 cm³/mol. The van der Waals surface area contributed by atoms with Crippen LogP contribution in [0.3, 0.4) is 0 Å². The molecule has 1 aromatic heterocycles. The lowest BCUT2D eigenvalue weighted by Gasteiger charge is -2.03. The summed E-state index contributed by atoms with van der Waals surface area (Å²) in [4.78, 5) is 0. The fraction of sp³-hybridized carbons (Fsp3) is 0.556. The van der Waals surface area contributed by atoms with Gasteiger partial charge in [-0.15, -0.1) is 0 Å². The minimum atomic E-state index is 0.294. The van der Waals surface area contributed by atoms with E-state index >= 15 is 0 Å². The molecule has 0 saturated carbocycles. The number of oxime groups is 1. The van der Waals surface area contributed by atoms with Gasteiger partial charge in [0.1, 0.15) is 5.84 Å². The van der Waals surface area contributed by atoms with Crippen molar-refractivity contribution < 1.29 is 5.21 Å². The van der Waals surface area contributed by atoms with Gasteiger partial charge in [0.15, 0.2) is 0 Å². The van der Waals surface area contributed by atoms with Gasteiger partial charge in [0, 0.05) is 24.9 Å². The third kappa shape index (κ3) is 3.08. The zero-order chi connectivity index (χ0) is 10.4. The van der Waals surface area contributed by atoms with Crippen molar-refractivity contribution in [3.05, 3.63) is 18.0 Å². The molecule has 0 fully saturated rings. The van der Waals surface area contributed by atoms with Crippen molar-refractivity contribution in [2.75, 3.05) is 0 Å². The first-order valence-corrected chi connectivity index (χ1v) is 4.69. The first-order chi connectivity index (χ1) is 6.74. The Morgan fingerprint density at radius 2 is 2.43 bits per heavy atom. The van der Waals surface area contributed by atoms with Crippen molar-refractivity contribution in [1.82, 2.24) is 9.78 Å². The van der Waals surface area contributed by atoms with Crippen LogP contribution in [0.25, 0.3) is 0 Å². The number of nitrogens with two attached hydrogens (primary N) is 1. The highest BCUT2D eigenvalue weighted by atomic mass is 16.4. The maximum Gasteiger partial charge on any atom is 0.139 e. The molecule has 1 aromatic rings. The Morgan fingerprint density at radius 1 is 1.64 bits per heavy atom. The fourth-order valence-corrected chi connectivity index (χ4v) is 1.25. The van der Waals surface area contributed by atoms with Crippen molar-refractivity contribution >= 4 is 5.84 Å². The average Bonchev–Trinajstić information content (AvgIpc) is 2.58. The average molecular weight is 196 g/mol. The summed E-state index contributed by atoms with van der Waals surface area (Å²) in [5, 5.41) is 15.4. The van der Waals surface area contributed by atoms with E-state index in [2.05, 4.69) is 10.3 Å². The molecule has 0 bridgehead atoms. The minimum absolute atomic E-state index is 0.294. The molecular formula is C9H16N4O. The van der Waals surface area contributed by atoms with E-state index < -0.39 is 0 Å². The van der Waals surface area contributed by atoms with Gasteiger partial charge < -0.3 is 10.9 Å². The van der Waals surface area contributed by atoms with E-state index in [1.165, 1.54) is 0 Å². The summed E-state index contributed by atoms with van der Waals surface area (Å²) in [7, 11) is 0. The second-order valence-electron chi connectivity index (χ2n) is 3.24. The first kappa shape index (κ1) is 10.6. The Hall–Kier alpha value is -1.52. The highest BCUT2D eigenvalue weighted by molar-refractivity contribution is 5.79. The fourth-order valence-electron chi connectivity index (χ4n) is 1.25. The molecule has 0 spiro atoms. The van der Waals surface area contributed by atoms with Crippen LogP contribution in [0.5, 0.6) is 0 Å². The lowest BCUT2D eigenvalue weighted by Crippen LogP contribution is -2.11. The summed E-state index contributed by atoms with van der Waals surface area (Å²) in [5.74, 6) is 0.294. The summed E-state index contributed by atoms with van der Waals surface area (Å²) < 4.78 is 1.95. The molecule has 3 N–H and O–H groups in total. The van der Waals surface area contributed by atoms with Crippen LogP contribution in [0.1, 0.15) is 25.0 Å². The largest absolute Gasteiger partial charge is 0.409 e. The summed E-state index contributed by atoms with van der Waals surface area (Å²) in [5.41, 5.74) is 6.50. The first-order valence-electron chi connectivity index (χ1n) is 4.69. The molecule has 0 radical (unpaired) electrons. The highest BCUT2D eigenvalue weighted by Gasteiger charge is 1.97. The summed E-state index contributed by atoms with van der Waals surface area (Å²) in [6, 6.07) is 1.98. The number of unbranched alkanes of at least 4 members (excludes halogenated alkanes) is 1. The third-order valence-corrected chi connectivity index (χ3v) is 2.11. The smallest absolute Gasteiger partial charge is 0.139 e. The summed E-state index contributed by atoms with van der Waals surface area (Å²) in [6.45, 7) is 2.91. The number of aryl methyl sites for hydroxylation is 2. The van der Waals surface area contributed by atoms with E-state index in [9.17, 15) is 0 Å². The molecule has 5 nitrogen and oxygen atoms in total. The van der Waals surface area contributed by atoms with Crippen molar-refractivity contribution in [2.45, 2.75) is 32.7 Å². The number of hydrogen-bond donors (Lipinski definition) is 2. The maximum atomic E-state index is 8.31. The van der Waals surface area contributed by atoms with Crippen LogP contribution in [0, 0.1) is 6.92 Å². The molecule has 0 aliphatic carbocycles. The molecule has 0 aromatic carbocycles. The van der Waals surface area contributed by atoms with Gasteiger partial charge in [-0.3, -0.25) is 4.68 Å². The summed E-state index contributed by atoms with van der Waals surface area (Å²) in [6.07, 6.45) is 4.32. The summed E-state index contributed by atoms with van der Waals surface area (Å²) >= 11 is 0. The molecule has 78 valence electrons. The van der Waals surface area contributed by atoms with Crippen LogP contribution in [0.2, 0.25) is 0 Å². The topological polar surface area (TPSA) is 76.4 Å². The Kier molecular flexibility index (Phi) is 3.97. The van der Waals surface area contributed by atoms with E-state index in [4.69, 9.17) is 10.9 Å². The van der Waals surface area contributed by atoms with Crippen LogP contribution >= 0.6 is 0 Å². The number of nitrogens with zero attached hydrogens (tertiary/aromatic N) is 3. The van der Waals surface area contributed by atoms with Crippen molar-refractivity contribution in [3.63, 3.8) is 0 Å². The molecule has 0 aliphatic rings. The van der Waals surface area contributed by atoms with Crippen LogP contribution in [-0.2, 0) is 6.54 Å². The number of hydrogen-bond acceptors (Lipinski definition) is 3. The second-order valence-corrected chi connectivity index (χ2v) is 3.24. The van der Waals surface area contributed by atoms with E-state index in [-0.39, 0.29) is 0 Å². The van der Waals surface area contributed by atoms with Crippen LogP contribution < -0.4 is 5.73 Å². The molecule has 0 amide bonds. The molecule has 0 unspecified atom stereocenters. The molecule has 0 atom stereocenters. The third-order valence-electron chi connectivity index (χ3n) is 2.11. The SMILES string of the molecule is Cc1ccnn1CCCCC(N)=NO. The van der Waals surface area contributed by atoms with Crippen LogP contribution in [0.15, 0.2) is 17.4 Å². The lowest BCUT2D eigenvalue weighted by atomic mass is 10.2. The van der Waals surface area contributed by atoms with Gasteiger partial charge in [0.25, 0.3) is 0 Å². The minimum Gasteiger partial charge on any atom is -0.409 e. The standard InChI is InChI=1S/C9H16N4O/c1-8-5-6-11-13(8)7-3-2-4-9(10)12-14/h5-6,14H,2-4,7H2,1H3,(H2,10,12). The van der Waals surface area contributed by atoms with Gasteiger partial charge in [-0.2, -0.15) is 5.10 Å². The number of aromatic nitrogens is 2. The Balaban J connectivity index is 2.20. The lowest BCUT2D eigenvalue weighted by molar-refractivity contribution is 0.316. The van der Waals surface area contributed by atoms with Crippen LogP contribution in [0.4, 0.5) is 0 Å². The van der Waals surface area contributed by atoms with Crippen molar-refractivity contribution in [2.24, 2.45) is 10.9 Å². The van der Waals surface area contributed by atoms with Gasteiger partial charge in [0.05, 0.1) is 0 Å². The van der Waals surface area contributed by atoms with Gasteiger partial charge in [0.2, 0.25) is 0 Å². The van der Waals surface area contributed by atoms with Gasteiger partial charge in [-0.25, -0.2) is 0 Å². The monoisotopic (exact) mass is 196 g/mol. The molecular weight excluding hydrogens is 180 g/mol. The highest BCUT2D eigenvalue weighted by Crippen LogP contribution is 2.01. The van der Waals surface area contributed by atoms with Gasteiger partial charge in [-0.05, 0) is 25.8 Å². The molecule has 14 heavy (non-hydrogen) atoms. The van der Waals surface area contributed by atoms with Gasteiger partial charge >= 0.3 is 0 Å². The van der Waals surface area contributed by atoms with Gasteiger partial charge in [-0.1, -0.05) is 5.16 Å².